The van der Waals surface area contributed by atoms with Gasteiger partial charge in [-0.05, 0) is 55.0 Å². The van der Waals surface area contributed by atoms with Crippen LogP contribution in [0.1, 0.15) is 11.1 Å². The molecule has 0 aliphatic heterocycles. The summed E-state index contributed by atoms with van der Waals surface area (Å²) >= 11 is 10.7. The van der Waals surface area contributed by atoms with Crippen LogP contribution in [0.2, 0.25) is 5.02 Å². The standard InChI is InChI=1S/C15H12ClF3N2S/c1-9-3-2-4-11(7-9)20-14(22)21-13-6-5-10(16)8-12(13)15(17,18)19/h2-8H,1H3,(H2,20,21,22). The Morgan fingerprint density at radius 3 is 2.45 bits per heavy atom. The van der Waals surface area contributed by atoms with Crippen LogP contribution in [0.4, 0.5) is 24.5 Å². The number of rotatable bonds is 2. The molecule has 7 heteroatoms. The fourth-order valence-corrected chi connectivity index (χ4v) is 2.27. The second-order valence-corrected chi connectivity index (χ2v) is 5.48. The van der Waals surface area contributed by atoms with Crippen LogP contribution in [0.25, 0.3) is 0 Å². The van der Waals surface area contributed by atoms with Crippen LogP contribution in [0.5, 0.6) is 0 Å². The first-order valence-electron chi connectivity index (χ1n) is 6.27. The van der Waals surface area contributed by atoms with Crippen LogP contribution in [0, 0.1) is 6.92 Å². The van der Waals surface area contributed by atoms with Gasteiger partial charge in [0.1, 0.15) is 0 Å². The summed E-state index contributed by atoms with van der Waals surface area (Å²) in [5.74, 6) is 0. The first-order chi connectivity index (χ1) is 10.3. The van der Waals surface area contributed by atoms with E-state index in [1.165, 1.54) is 12.1 Å². The molecule has 2 aromatic carbocycles. The maximum atomic E-state index is 13.0. The smallest absolute Gasteiger partial charge is 0.332 e. The monoisotopic (exact) mass is 344 g/mol. The number of benzene rings is 2. The van der Waals surface area contributed by atoms with Crippen molar-refractivity contribution in [3.8, 4) is 0 Å². The van der Waals surface area contributed by atoms with Crippen LogP contribution in [-0.4, -0.2) is 5.11 Å². The minimum absolute atomic E-state index is 0.00966. The molecule has 2 rings (SSSR count). The third-order valence-electron chi connectivity index (χ3n) is 2.81. The van der Waals surface area contributed by atoms with Crippen molar-refractivity contribution in [2.45, 2.75) is 13.1 Å². The van der Waals surface area contributed by atoms with E-state index in [4.69, 9.17) is 23.8 Å². The van der Waals surface area contributed by atoms with Gasteiger partial charge in [-0.2, -0.15) is 13.2 Å². The number of nitrogens with one attached hydrogen (secondary N) is 2. The van der Waals surface area contributed by atoms with Crippen LogP contribution >= 0.6 is 23.8 Å². The molecule has 0 amide bonds. The number of hydrogen-bond acceptors (Lipinski definition) is 1. The van der Waals surface area contributed by atoms with Crippen molar-refractivity contribution in [2.75, 3.05) is 10.6 Å². The molecule has 0 aliphatic rings. The molecule has 2 N–H and O–H groups in total. The second-order valence-electron chi connectivity index (χ2n) is 4.64. The average molecular weight is 345 g/mol. The van der Waals surface area contributed by atoms with Crippen molar-refractivity contribution in [1.29, 1.82) is 0 Å². The molecule has 0 radical (unpaired) electrons. The summed E-state index contributed by atoms with van der Waals surface area (Å²) in [6.07, 6.45) is -4.52. The molecule has 0 spiro atoms. The summed E-state index contributed by atoms with van der Waals surface area (Å²) in [6.45, 7) is 1.91. The third-order valence-corrected chi connectivity index (χ3v) is 3.25. The highest BCUT2D eigenvalue weighted by atomic mass is 35.5. The molecule has 116 valence electrons. The molecule has 0 unspecified atom stereocenters. The van der Waals surface area contributed by atoms with Gasteiger partial charge in [0.15, 0.2) is 5.11 Å². The maximum Gasteiger partial charge on any atom is 0.418 e. The fraction of sp³-hybridized carbons (Fsp3) is 0.133. The number of alkyl halides is 3. The zero-order valence-corrected chi connectivity index (χ0v) is 13.0. The molecule has 0 fully saturated rings. The first-order valence-corrected chi connectivity index (χ1v) is 7.06. The van der Waals surface area contributed by atoms with Crippen LogP contribution in [0.3, 0.4) is 0 Å². The Morgan fingerprint density at radius 1 is 1.09 bits per heavy atom. The molecule has 0 atom stereocenters. The molecule has 2 nitrogen and oxygen atoms in total. The molecular formula is C15H12ClF3N2S. The number of halogens is 4. The van der Waals surface area contributed by atoms with E-state index in [1.54, 1.807) is 6.07 Å². The van der Waals surface area contributed by atoms with Gasteiger partial charge in [-0.15, -0.1) is 0 Å². The minimum atomic E-state index is -4.52. The molecule has 0 aromatic heterocycles. The first kappa shape index (κ1) is 16.6. The van der Waals surface area contributed by atoms with Gasteiger partial charge in [0, 0.05) is 10.7 Å². The molecule has 0 saturated heterocycles. The second kappa shape index (κ2) is 6.54. The number of aryl methyl sites for hydroxylation is 1. The van der Waals surface area contributed by atoms with E-state index >= 15 is 0 Å². The van der Waals surface area contributed by atoms with Crippen molar-refractivity contribution in [1.82, 2.24) is 0 Å². The van der Waals surface area contributed by atoms with Crippen molar-refractivity contribution >= 4 is 40.3 Å². The highest BCUT2D eigenvalue weighted by Gasteiger charge is 2.34. The van der Waals surface area contributed by atoms with E-state index in [2.05, 4.69) is 10.6 Å². The van der Waals surface area contributed by atoms with E-state index in [-0.39, 0.29) is 15.8 Å². The fourth-order valence-electron chi connectivity index (χ4n) is 1.87. The summed E-state index contributed by atoms with van der Waals surface area (Å²) < 4.78 is 39.0. The van der Waals surface area contributed by atoms with Crippen molar-refractivity contribution in [3.05, 3.63) is 58.6 Å². The zero-order chi connectivity index (χ0) is 16.3. The minimum Gasteiger partial charge on any atom is -0.332 e. The van der Waals surface area contributed by atoms with E-state index < -0.39 is 11.7 Å². The Labute approximate surface area is 136 Å². The quantitative estimate of drug-likeness (QED) is 0.706. The molecule has 0 aliphatic carbocycles. The lowest BCUT2D eigenvalue weighted by Gasteiger charge is -2.16. The van der Waals surface area contributed by atoms with E-state index in [1.807, 2.05) is 25.1 Å². The summed E-state index contributed by atoms with van der Waals surface area (Å²) in [7, 11) is 0. The van der Waals surface area contributed by atoms with E-state index in [0.29, 0.717) is 5.69 Å². The molecular weight excluding hydrogens is 333 g/mol. The maximum absolute atomic E-state index is 13.0. The lowest BCUT2D eigenvalue weighted by molar-refractivity contribution is -0.136. The van der Waals surface area contributed by atoms with Crippen LogP contribution in [0.15, 0.2) is 42.5 Å². The van der Waals surface area contributed by atoms with Gasteiger partial charge in [-0.3, -0.25) is 0 Å². The lowest BCUT2D eigenvalue weighted by Crippen LogP contribution is -2.21. The topological polar surface area (TPSA) is 24.1 Å². The van der Waals surface area contributed by atoms with Gasteiger partial charge < -0.3 is 10.6 Å². The molecule has 0 saturated carbocycles. The van der Waals surface area contributed by atoms with Crippen molar-refractivity contribution in [3.63, 3.8) is 0 Å². The summed E-state index contributed by atoms with van der Waals surface area (Å²) in [5.41, 5.74) is 0.686. The molecule has 2 aromatic rings. The van der Waals surface area contributed by atoms with Gasteiger partial charge in [0.2, 0.25) is 0 Å². The summed E-state index contributed by atoms with van der Waals surface area (Å²) in [4.78, 5) is 0. The highest BCUT2D eigenvalue weighted by Crippen LogP contribution is 2.36. The Bertz CT molecular complexity index is 701. The van der Waals surface area contributed by atoms with E-state index in [0.717, 1.165) is 11.6 Å². The zero-order valence-electron chi connectivity index (χ0n) is 11.5. The van der Waals surface area contributed by atoms with Gasteiger partial charge in [0.05, 0.1) is 11.3 Å². The Kier molecular flexibility index (Phi) is 4.93. The van der Waals surface area contributed by atoms with Gasteiger partial charge >= 0.3 is 6.18 Å². The van der Waals surface area contributed by atoms with Gasteiger partial charge in [-0.25, -0.2) is 0 Å². The number of thiocarbonyl (C=S) groups is 1. The van der Waals surface area contributed by atoms with Crippen LogP contribution in [-0.2, 0) is 6.18 Å². The SMILES string of the molecule is Cc1cccc(NC(=S)Nc2ccc(Cl)cc2C(F)(F)F)c1. The van der Waals surface area contributed by atoms with E-state index in [9.17, 15) is 13.2 Å². The van der Waals surface area contributed by atoms with Crippen molar-refractivity contribution in [2.24, 2.45) is 0 Å². The number of hydrogen-bond donors (Lipinski definition) is 2. The van der Waals surface area contributed by atoms with Gasteiger partial charge in [-0.1, -0.05) is 23.7 Å². The van der Waals surface area contributed by atoms with Crippen molar-refractivity contribution < 1.29 is 13.2 Å². The normalized spacial score (nSPS) is 11.1. The largest absolute Gasteiger partial charge is 0.418 e. The predicted molar refractivity (Wildman–Crippen MR) is 87.5 cm³/mol. The summed E-state index contributed by atoms with van der Waals surface area (Å²) in [5, 5.41) is 5.48. The summed E-state index contributed by atoms with van der Waals surface area (Å²) in [6, 6.07) is 10.8. The lowest BCUT2D eigenvalue weighted by atomic mass is 10.1. The Hall–Kier alpha value is -1.79. The molecule has 22 heavy (non-hydrogen) atoms. The molecule has 0 bridgehead atoms. The predicted octanol–water partition coefficient (Wildman–Crippen LogP) is 5.48. The third kappa shape index (κ3) is 4.35. The highest BCUT2D eigenvalue weighted by molar-refractivity contribution is 7.80. The molecule has 0 heterocycles. The van der Waals surface area contributed by atoms with Crippen LogP contribution < -0.4 is 10.6 Å². The average Bonchev–Trinajstić information content (AvgIpc) is 2.39. The number of anilines is 2. The van der Waals surface area contributed by atoms with Gasteiger partial charge in [0.25, 0.3) is 0 Å². The Balaban J connectivity index is 2.18. The Morgan fingerprint density at radius 2 is 1.82 bits per heavy atom.